The fourth-order valence-electron chi connectivity index (χ4n) is 2.36. The van der Waals surface area contributed by atoms with Crippen molar-refractivity contribution in [3.05, 3.63) is 28.2 Å². The van der Waals surface area contributed by atoms with Crippen LogP contribution in [-0.2, 0) is 11.3 Å². The average Bonchev–Trinajstić information content (AvgIpc) is 2.40. The van der Waals surface area contributed by atoms with E-state index in [0.717, 1.165) is 42.9 Å². The predicted octanol–water partition coefficient (Wildman–Crippen LogP) is 3.07. The van der Waals surface area contributed by atoms with Gasteiger partial charge >= 0.3 is 0 Å². The summed E-state index contributed by atoms with van der Waals surface area (Å²) in [5, 5.41) is 0. The first-order valence-electron chi connectivity index (χ1n) is 6.38. The summed E-state index contributed by atoms with van der Waals surface area (Å²) in [6, 6.07) is 6.68. The normalized spacial score (nSPS) is 20.9. The van der Waals surface area contributed by atoms with Crippen molar-refractivity contribution in [1.82, 2.24) is 4.90 Å². The van der Waals surface area contributed by atoms with Crippen molar-refractivity contribution in [1.29, 1.82) is 0 Å². The summed E-state index contributed by atoms with van der Waals surface area (Å²) >= 11 is 3.52. The van der Waals surface area contributed by atoms with Gasteiger partial charge in [0.2, 0.25) is 0 Å². The summed E-state index contributed by atoms with van der Waals surface area (Å²) in [5.41, 5.74) is 1.23. The molecule has 1 saturated heterocycles. The Morgan fingerprint density at radius 2 is 2.33 bits per heavy atom. The topological polar surface area (TPSA) is 21.7 Å². The van der Waals surface area contributed by atoms with Crippen LogP contribution < -0.4 is 4.74 Å². The molecule has 0 bridgehead atoms. The fraction of sp³-hybridized carbons (Fsp3) is 0.571. The van der Waals surface area contributed by atoms with Crippen molar-refractivity contribution >= 4 is 15.9 Å². The van der Waals surface area contributed by atoms with E-state index in [9.17, 15) is 0 Å². The lowest BCUT2D eigenvalue weighted by atomic mass is 10.1. The average molecular weight is 314 g/mol. The number of hydrogen-bond acceptors (Lipinski definition) is 3. The molecule has 1 unspecified atom stereocenters. The van der Waals surface area contributed by atoms with Crippen LogP contribution in [0.2, 0.25) is 0 Å². The van der Waals surface area contributed by atoms with E-state index in [1.165, 1.54) is 5.56 Å². The maximum absolute atomic E-state index is 5.54. The van der Waals surface area contributed by atoms with Crippen molar-refractivity contribution in [3.63, 3.8) is 0 Å². The van der Waals surface area contributed by atoms with Gasteiger partial charge in [0.1, 0.15) is 5.75 Å². The number of morpholine rings is 1. The van der Waals surface area contributed by atoms with Crippen LogP contribution in [0.4, 0.5) is 0 Å². The van der Waals surface area contributed by atoms with Gasteiger partial charge in [-0.05, 0) is 24.6 Å². The Morgan fingerprint density at radius 3 is 3.06 bits per heavy atom. The van der Waals surface area contributed by atoms with Crippen LogP contribution in [0.3, 0.4) is 0 Å². The molecule has 4 heteroatoms. The summed E-state index contributed by atoms with van der Waals surface area (Å²) in [7, 11) is 1.73. The first-order chi connectivity index (χ1) is 8.74. The fourth-order valence-corrected chi connectivity index (χ4v) is 2.77. The van der Waals surface area contributed by atoms with Crippen LogP contribution in [0.1, 0.15) is 18.9 Å². The summed E-state index contributed by atoms with van der Waals surface area (Å²) in [6.07, 6.45) is 1.12. The number of halogens is 1. The number of rotatable bonds is 4. The van der Waals surface area contributed by atoms with E-state index in [2.05, 4.69) is 33.8 Å². The van der Waals surface area contributed by atoms with Crippen LogP contribution in [0.15, 0.2) is 22.7 Å². The van der Waals surface area contributed by atoms with E-state index in [-0.39, 0.29) is 0 Å². The monoisotopic (exact) mass is 313 g/mol. The minimum Gasteiger partial charge on any atom is -0.496 e. The lowest BCUT2D eigenvalue weighted by molar-refractivity contribution is -0.0130. The third kappa shape index (κ3) is 3.25. The number of nitrogens with zero attached hydrogens (tertiary/aromatic N) is 1. The summed E-state index contributed by atoms with van der Waals surface area (Å²) < 4.78 is 12.1. The molecule has 100 valence electrons. The predicted molar refractivity (Wildman–Crippen MR) is 76.0 cm³/mol. The van der Waals surface area contributed by atoms with Gasteiger partial charge in [-0.3, -0.25) is 4.90 Å². The maximum atomic E-state index is 5.54. The van der Waals surface area contributed by atoms with E-state index in [4.69, 9.17) is 9.47 Å². The Bertz CT molecular complexity index is 397. The molecule has 3 nitrogen and oxygen atoms in total. The molecular formula is C14H20BrNO2. The molecule has 1 aliphatic rings. The van der Waals surface area contributed by atoms with Crippen LogP contribution >= 0.6 is 15.9 Å². The molecule has 1 aromatic rings. The van der Waals surface area contributed by atoms with Crippen molar-refractivity contribution in [2.24, 2.45) is 0 Å². The molecule has 18 heavy (non-hydrogen) atoms. The van der Waals surface area contributed by atoms with E-state index in [1.807, 2.05) is 12.1 Å². The van der Waals surface area contributed by atoms with Gasteiger partial charge in [-0.2, -0.15) is 0 Å². The zero-order chi connectivity index (χ0) is 13.0. The third-order valence-corrected chi connectivity index (χ3v) is 3.93. The standard InChI is InChI=1S/C14H20BrNO2/c1-3-13-10-18-7-6-16(13)9-11-8-12(15)4-5-14(11)17-2/h4-5,8,13H,3,6-7,9-10H2,1-2H3. The smallest absolute Gasteiger partial charge is 0.123 e. The molecule has 1 aromatic carbocycles. The van der Waals surface area contributed by atoms with Gasteiger partial charge in [0, 0.05) is 29.2 Å². The molecule has 1 atom stereocenters. The molecule has 0 aliphatic carbocycles. The van der Waals surface area contributed by atoms with Gasteiger partial charge in [-0.1, -0.05) is 22.9 Å². The van der Waals surface area contributed by atoms with Gasteiger partial charge in [0.15, 0.2) is 0 Å². The van der Waals surface area contributed by atoms with Crippen molar-refractivity contribution < 1.29 is 9.47 Å². The Kier molecular flexibility index (Phi) is 5.03. The zero-order valence-corrected chi connectivity index (χ0v) is 12.6. The van der Waals surface area contributed by atoms with Gasteiger partial charge in [0.25, 0.3) is 0 Å². The Balaban J connectivity index is 2.14. The molecule has 0 amide bonds. The minimum absolute atomic E-state index is 0.516. The Morgan fingerprint density at radius 1 is 1.50 bits per heavy atom. The van der Waals surface area contributed by atoms with Gasteiger partial charge < -0.3 is 9.47 Å². The summed E-state index contributed by atoms with van der Waals surface area (Å²) in [6.45, 7) is 5.79. The number of benzene rings is 1. The van der Waals surface area contributed by atoms with Gasteiger partial charge in [-0.15, -0.1) is 0 Å². The number of ether oxygens (including phenoxy) is 2. The minimum atomic E-state index is 0.516. The molecule has 1 fully saturated rings. The molecule has 0 saturated carbocycles. The largest absolute Gasteiger partial charge is 0.496 e. The third-order valence-electron chi connectivity index (χ3n) is 3.44. The van der Waals surface area contributed by atoms with Crippen LogP contribution in [0, 0.1) is 0 Å². The molecule has 1 aliphatic heterocycles. The first-order valence-corrected chi connectivity index (χ1v) is 7.18. The summed E-state index contributed by atoms with van der Waals surface area (Å²) in [4.78, 5) is 2.48. The Hall–Kier alpha value is -0.580. The second kappa shape index (κ2) is 6.55. The van der Waals surface area contributed by atoms with Crippen molar-refractivity contribution in [2.45, 2.75) is 25.9 Å². The lowest BCUT2D eigenvalue weighted by Gasteiger charge is -2.35. The molecule has 0 aromatic heterocycles. The van der Waals surface area contributed by atoms with Crippen LogP contribution in [0.5, 0.6) is 5.75 Å². The highest BCUT2D eigenvalue weighted by atomic mass is 79.9. The maximum Gasteiger partial charge on any atom is 0.123 e. The van der Waals surface area contributed by atoms with Crippen molar-refractivity contribution in [2.75, 3.05) is 26.9 Å². The first kappa shape index (κ1) is 13.8. The molecular weight excluding hydrogens is 294 g/mol. The van der Waals surface area contributed by atoms with Crippen LogP contribution in [0.25, 0.3) is 0 Å². The highest BCUT2D eigenvalue weighted by Gasteiger charge is 2.22. The Labute approximate surface area is 117 Å². The molecule has 0 N–H and O–H groups in total. The van der Waals surface area contributed by atoms with Gasteiger partial charge in [-0.25, -0.2) is 0 Å². The number of methoxy groups -OCH3 is 1. The highest BCUT2D eigenvalue weighted by molar-refractivity contribution is 9.10. The van der Waals surface area contributed by atoms with E-state index < -0.39 is 0 Å². The van der Waals surface area contributed by atoms with E-state index in [0.29, 0.717) is 6.04 Å². The SMILES string of the molecule is CCC1COCCN1Cc1cc(Br)ccc1OC. The molecule has 0 radical (unpaired) electrons. The lowest BCUT2D eigenvalue weighted by Crippen LogP contribution is -2.44. The number of hydrogen-bond donors (Lipinski definition) is 0. The molecule has 1 heterocycles. The highest BCUT2D eigenvalue weighted by Crippen LogP contribution is 2.26. The zero-order valence-electron chi connectivity index (χ0n) is 11.0. The second-order valence-electron chi connectivity index (χ2n) is 4.56. The van der Waals surface area contributed by atoms with E-state index >= 15 is 0 Å². The molecule has 2 rings (SSSR count). The van der Waals surface area contributed by atoms with Crippen molar-refractivity contribution in [3.8, 4) is 5.75 Å². The van der Waals surface area contributed by atoms with E-state index in [1.54, 1.807) is 7.11 Å². The summed E-state index contributed by atoms with van der Waals surface area (Å²) in [5.74, 6) is 0.958. The molecule has 0 spiro atoms. The quantitative estimate of drug-likeness (QED) is 0.852. The second-order valence-corrected chi connectivity index (χ2v) is 5.48. The van der Waals surface area contributed by atoms with Gasteiger partial charge in [0.05, 0.1) is 20.3 Å². The van der Waals surface area contributed by atoms with Crippen LogP contribution in [-0.4, -0.2) is 37.8 Å².